The van der Waals surface area contributed by atoms with E-state index in [1.54, 1.807) is 0 Å². The summed E-state index contributed by atoms with van der Waals surface area (Å²) in [6.07, 6.45) is 4.47. The minimum absolute atomic E-state index is 0.639. The molecule has 2 fully saturated rings. The highest BCUT2D eigenvalue weighted by Crippen LogP contribution is 2.39. The Balaban J connectivity index is 1.62. The number of ether oxygens (including phenoxy) is 1. The lowest BCUT2D eigenvalue weighted by Crippen LogP contribution is -2.31. The van der Waals surface area contributed by atoms with Crippen LogP contribution in [-0.4, -0.2) is 35.7 Å². The van der Waals surface area contributed by atoms with Crippen molar-refractivity contribution in [2.75, 3.05) is 19.7 Å². The number of nitrogens with zero attached hydrogens (tertiary/aromatic N) is 1. The van der Waals surface area contributed by atoms with Crippen LogP contribution in [0.4, 0.5) is 0 Å². The van der Waals surface area contributed by atoms with Gasteiger partial charge in [-0.3, -0.25) is 4.90 Å². The van der Waals surface area contributed by atoms with Crippen molar-refractivity contribution in [3.05, 3.63) is 29.3 Å². The topological polar surface area (TPSA) is 32.7 Å². The molecule has 0 aromatic heterocycles. The number of aliphatic hydroxyl groups is 1. The molecule has 0 amide bonds. The molecule has 96 valence electrons. The zero-order valence-electron chi connectivity index (χ0n) is 10.6. The van der Waals surface area contributed by atoms with Crippen LogP contribution in [0, 0.1) is 0 Å². The third-order valence-electron chi connectivity index (χ3n) is 4.57. The van der Waals surface area contributed by atoms with Gasteiger partial charge in [0.1, 0.15) is 11.4 Å². The van der Waals surface area contributed by atoms with Crippen molar-refractivity contribution in [1.29, 1.82) is 0 Å². The first kappa shape index (κ1) is 10.8. The quantitative estimate of drug-likeness (QED) is 0.860. The van der Waals surface area contributed by atoms with Crippen LogP contribution in [-0.2, 0) is 12.0 Å². The minimum Gasteiger partial charge on any atom is -0.493 e. The smallest absolute Gasteiger partial charge is 0.122 e. The molecule has 3 aliphatic rings. The first-order chi connectivity index (χ1) is 8.74. The predicted molar refractivity (Wildman–Crippen MR) is 68.7 cm³/mol. The van der Waals surface area contributed by atoms with Gasteiger partial charge in [0.25, 0.3) is 0 Å². The van der Waals surface area contributed by atoms with E-state index in [0.29, 0.717) is 0 Å². The fourth-order valence-corrected chi connectivity index (χ4v) is 3.29. The van der Waals surface area contributed by atoms with Crippen LogP contribution in [0.25, 0.3) is 0 Å². The number of hydrogen-bond donors (Lipinski definition) is 1. The second-order valence-electron chi connectivity index (χ2n) is 5.90. The van der Waals surface area contributed by atoms with Crippen molar-refractivity contribution in [3.8, 4) is 5.75 Å². The van der Waals surface area contributed by atoms with Crippen LogP contribution in [0.1, 0.15) is 30.4 Å². The highest BCUT2D eigenvalue weighted by atomic mass is 16.5. The summed E-state index contributed by atoms with van der Waals surface area (Å²) in [5.74, 6) is 0.999. The Morgan fingerprint density at radius 3 is 3.06 bits per heavy atom. The van der Waals surface area contributed by atoms with Crippen molar-refractivity contribution in [2.45, 2.75) is 37.3 Å². The van der Waals surface area contributed by atoms with Crippen LogP contribution >= 0.6 is 0 Å². The van der Waals surface area contributed by atoms with Gasteiger partial charge in [-0.1, -0.05) is 6.07 Å². The first-order valence-corrected chi connectivity index (χ1v) is 6.97. The van der Waals surface area contributed by atoms with E-state index in [2.05, 4.69) is 11.0 Å². The number of fused-ring (bicyclic) bond motifs is 1. The summed E-state index contributed by atoms with van der Waals surface area (Å²) < 4.78 is 5.53. The summed E-state index contributed by atoms with van der Waals surface area (Å²) in [6, 6.07) is 6.96. The Morgan fingerprint density at radius 2 is 2.22 bits per heavy atom. The maximum atomic E-state index is 10.9. The van der Waals surface area contributed by atoms with Crippen molar-refractivity contribution >= 4 is 0 Å². The average molecular weight is 245 g/mol. The second-order valence-corrected chi connectivity index (χ2v) is 5.90. The van der Waals surface area contributed by atoms with E-state index in [1.165, 1.54) is 18.4 Å². The van der Waals surface area contributed by atoms with E-state index in [4.69, 9.17) is 4.74 Å². The van der Waals surface area contributed by atoms with Crippen molar-refractivity contribution in [2.24, 2.45) is 0 Å². The number of β-amino-alcohol motifs (C(OH)–C–C–N with tert-alkyl or cyclic N) is 1. The summed E-state index contributed by atoms with van der Waals surface area (Å²) >= 11 is 0. The number of hydrogen-bond acceptors (Lipinski definition) is 3. The van der Waals surface area contributed by atoms with Crippen LogP contribution in [0.2, 0.25) is 0 Å². The van der Waals surface area contributed by atoms with Gasteiger partial charge in [-0.2, -0.15) is 0 Å². The van der Waals surface area contributed by atoms with Gasteiger partial charge in [-0.05, 0) is 42.5 Å². The third kappa shape index (κ3) is 1.65. The predicted octanol–water partition coefficient (Wildman–Crippen LogP) is 1.68. The SMILES string of the molecule is OC1(c2ccc3c(c2)CCO3)CCN(C2CC2)C1. The van der Waals surface area contributed by atoms with Crippen LogP contribution in [0.15, 0.2) is 18.2 Å². The normalized spacial score (nSPS) is 31.4. The second kappa shape index (κ2) is 3.72. The maximum absolute atomic E-state index is 10.9. The molecule has 0 spiro atoms. The molecule has 1 saturated carbocycles. The van der Waals surface area contributed by atoms with E-state index >= 15 is 0 Å². The molecule has 1 aromatic rings. The first-order valence-electron chi connectivity index (χ1n) is 6.97. The molecule has 18 heavy (non-hydrogen) atoms. The summed E-state index contributed by atoms with van der Waals surface area (Å²) in [5, 5.41) is 10.9. The van der Waals surface area contributed by atoms with Gasteiger partial charge < -0.3 is 9.84 Å². The number of rotatable bonds is 2. The molecule has 0 radical (unpaired) electrons. The van der Waals surface area contributed by atoms with Gasteiger partial charge in [0.2, 0.25) is 0 Å². The third-order valence-corrected chi connectivity index (χ3v) is 4.57. The molecule has 3 heteroatoms. The summed E-state index contributed by atoms with van der Waals surface area (Å²) in [4.78, 5) is 2.45. The molecule has 1 aliphatic carbocycles. The molecule has 1 saturated heterocycles. The standard InChI is InChI=1S/C15H19NO2/c17-15(6-7-16(10-15)13-2-3-13)12-1-4-14-11(9-12)5-8-18-14/h1,4,9,13,17H,2-3,5-8,10H2. The number of likely N-dealkylation sites (tertiary alicyclic amines) is 1. The fraction of sp³-hybridized carbons (Fsp3) is 0.600. The van der Waals surface area contributed by atoms with Gasteiger partial charge >= 0.3 is 0 Å². The van der Waals surface area contributed by atoms with Gasteiger partial charge in [0.15, 0.2) is 0 Å². The summed E-state index contributed by atoms with van der Waals surface area (Å²) in [7, 11) is 0. The lowest BCUT2D eigenvalue weighted by atomic mass is 9.91. The highest BCUT2D eigenvalue weighted by molar-refractivity contribution is 5.42. The summed E-state index contributed by atoms with van der Waals surface area (Å²) in [6.45, 7) is 2.62. The Hall–Kier alpha value is -1.06. The van der Waals surface area contributed by atoms with Gasteiger partial charge in [0.05, 0.1) is 6.61 Å². The van der Waals surface area contributed by atoms with Crippen molar-refractivity contribution < 1.29 is 9.84 Å². The molecular weight excluding hydrogens is 226 g/mol. The largest absolute Gasteiger partial charge is 0.493 e. The molecule has 1 aromatic carbocycles. The fourth-order valence-electron chi connectivity index (χ4n) is 3.29. The van der Waals surface area contributed by atoms with E-state index < -0.39 is 5.60 Å². The molecule has 2 aliphatic heterocycles. The van der Waals surface area contributed by atoms with E-state index in [0.717, 1.165) is 49.9 Å². The molecule has 2 heterocycles. The van der Waals surface area contributed by atoms with E-state index in [-0.39, 0.29) is 0 Å². The Kier molecular flexibility index (Phi) is 2.24. The monoisotopic (exact) mass is 245 g/mol. The molecule has 0 bridgehead atoms. The Bertz CT molecular complexity index is 483. The van der Waals surface area contributed by atoms with Gasteiger partial charge in [0, 0.05) is 25.6 Å². The van der Waals surface area contributed by atoms with Crippen LogP contribution < -0.4 is 4.74 Å². The van der Waals surface area contributed by atoms with Gasteiger partial charge in [-0.25, -0.2) is 0 Å². The van der Waals surface area contributed by atoms with E-state index in [9.17, 15) is 5.11 Å². The van der Waals surface area contributed by atoms with Crippen LogP contribution in [0.3, 0.4) is 0 Å². The summed E-state index contributed by atoms with van der Waals surface area (Å²) in [5.41, 5.74) is 1.70. The zero-order chi connectivity index (χ0) is 12.2. The maximum Gasteiger partial charge on any atom is 0.122 e. The number of benzene rings is 1. The molecule has 1 N–H and O–H groups in total. The Morgan fingerprint density at radius 1 is 1.33 bits per heavy atom. The zero-order valence-corrected chi connectivity index (χ0v) is 10.6. The Labute approximate surface area is 107 Å². The van der Waals surface area contributed by atoms with E-state index in [1.807, 2.05) is 12.1 Å². The molecule has 1 atom stereocenters. The lowest BCUT2D eigenvalue weighted by molar-refractivity contribution is 0.0451. The van der Waals surface area contributed by atoms with Crippen molar-refractivity contribution in [3.63, 3.8) is 0 Å². The van der Waals surface area contributed by atoms with Gasteiger partial charge in [-0.15, -0.1) is 0 Å². The van der Waals surface area contributed by atoms with Crippen molar-refractivity contribution in [1.82, 2.24) is 4.90 Å². The molecular formula is C15H19NO2. The lowest BCUT2D eigenvalue weighted by Gasteiger charge is -2.24. The molecule has 1 unspecified atom stereocenters. The molecule has 4 rings (SSSR count). The van der Waals surface area contributed by atoms with Crippen LogP contribution in [0.5, 0.6) is 5.75 Å². The average Bonchev–Trinajstić information content (AvgIpc) is 2.98. The minimum atomic E-state index is -0.639. The molecule has 3 nitrogen and oxygen atoms in total. The highest BCUT2D eigenvalue weighted by Gasteiger charge is 2.43.